The normalized spacial score (nSPS) is 25.0. The topological polar surface area (TPSA) is 66.0 Å². The lowest BCUT2D eigenvalue weighted by Gasteiger charge is -2.39. The zero-order valence-electron chi connectivity index (χ0n) is 11.2. The highest BCUT2D eigenvalue weighted by molar-refractivity contribution is 5.93. The van der Waals surface area contributed by atoms with Crippen LogP contribution in [0.1, 0.15) is 44.4 Å². The van der Waals surface area contributed by atoms with Crippen molar-refractivity contribution in [1.82, 2.24) is 9.88 Å². The molecule has 1 aliphatic heterocycles. The van der Waals surface area contributed by atoms with E-state index in [1.807, 2.05) is 12.1 Å². The van der Waals surface area contributed by atoms with Crippen molar-refractivity contribution in [3.63, 3.8) is 0 Å². The first-order valence-electron chi connectivity index (χ1n) is 6.63. The van der Waals surface area contributed by atoms with Gasteiger partial charge in [-0.2, -0.15) is 0 Å². The molecular formula is C14H22N4. The lowest BCUT2D eigenvalue weighted by atomic mass is 9.97. The minimum absolute atomic E-state index is 0.0385. The van der Waals surface area contributed by atoms with Crippen molar-refractivity contribution in [2.24, 2.45) is 5.73 Å². The quantitative estimate of drug-likeness (QED) is 0.634. The Morgan fingerprint density at radius 3 is 2.72 bits per heavy atom. The van der Waals surface area contributed by atoms with Crippen LogP contribution in [0.4, 0.5) is 0 Å². The van der Waals surface area contributed by atoms with E-state index in [2.05, 4.69) is 23.7 Å². The van der Waals surface area contributed by atoms with Gasteiger partial charge < -0.3 is 5.73 Å². The average Bonchev–Trinajstić information content (AvgIpc) is 2.34. The van der Waals surface area contributed by atoms with Gasteiger partial charge >= 0.3 is 0 Å². The largest absolute Gasteiger partial charge is 0.382 e. The van der Waals surface area contributed by atoms with E-state index in [1.165, 1.54) is 24.8 Å². The second kappa shape index (κ2) is 5.48. The Kier molecular flexibility index (Phi) is 3.97. The van der Waals surface area contributed by atoms with Crippen LogP contribution in [0.2, 0.25) is 0 Å². The Morgan fingerprint density at radius 1 is 1.44 bits per heavy atom. The standard InChI is InChI=1S/C14H22N4/c1-10-4-3-5-11(2)18(10)9-12-6-7-17-13(8-12)14(15)16/h6-8,10-11H,3-5,9H2,1-2H3,(H3,15,16). The highest BCUT2D eigenvalue weighted by Gasteiger charge is 2.24. The summed E-state index contributed by atoms with van der Waals surface area (Å²) < 4.78 is 0. The molecule has 2 rings (SSSR count). The van der Waals surface area contributed by atoms with E-state index in [4.69, 9.17) is 11.1 Å². The van der Waals surface area contributed by atoms with E-state index in [9.17, 15) is 0 Å². The van der Waals surface area contributed by atoms with Gasteiger partial charge in [-0.25, -0.2) is 0 Å². The van der Waals surface area contributed by atoms with E-state index in [-0.39, 0.29) is 5.84 Å². The third kappa shape index (κ3) is 2.88. The number of pyridine rings is 1. The first-order chi connectivity index (χ1) is 8.58. The molecule has 3 N–H and O–H groups in total. The fraction of sp³-hybridized carbons (Fsp3) is 0.571. The Hall–Kier alpha value is -1.42. The van der Waals surface area contributed by atoms with Crippen LogP contribution >= 0.6 is 0 Å². The fourth-order valence-electron chi connectivity index (χ4n) is 2.72. The molecule has 0 aliphatic carbocycles. The van der Waals surface area contributed by atoms with Crippen molar-refractivity contribution < 1.29 is 0 Å². The smallest absolute Gasteiger partial charge is 0.141 e. The van der Waals surface area contributed by atoms with Crippen molar-refractivity contribution in [1.29, 1.82) is 5.41 Å². The van der Waals surface area contributed by atoms with Gasteiger partial charge in [0, 0.05) is 24.8 Å². The number of aromatic nitrogens is 1. The van der Waals surface area contributed by atoms with Gasteiger partial charge in [0.2, 0.25) is 0 Å². The molecule has 4 nitrogen and oxygen atoms in total. The molecule has 1 aliphatic rings. The fourth-order valence-corrected chi connectivity index (χ4v) is 2.72. The lowest BCUT2D eigenvalue weighted by Crippen LogP contribution is -2.43. The van der Waals surface area contributed by atoms with Gasteiger partial charge in [0.15, 0.2) is 0 Å². The number of likely N-dealkylation sites (tertiary alicyclic amines) is 1. The van der Waals surface area contributed by atoms with Gasteiger partial charge in [-0.15, -0.1) is 0 Å². The molecule has 0 bridgehead atoms. The van der Waals surface area contributed by atoms with Gasteiger partial charge in [-0.1, -0.05) is 6.42 Å². The summed E-state index contributed by atoms with van der Waals surface area (Å²) in [5.74, 6) is 0.0385. The molecule has 1 fully saturated rings. The first-order valence-corrected chi connectivity index (χ1v) is 6.63. The van der Waals surface area contributed by atoms with E-state index in [0.717, 1.165) is 6.54 Å². The van der Waals surface area contributed by atoms with Gasteiger partial charge in [-0.3, -0.25) is 15.3 Å². The molecule has 2 unspecified atom stereocenters. The van der Waals surface area contributed by atoms with Crippen LogP contribution in [0.15, 0.2) is 18.3 Å². The number of piperidine rings is 1. The SMILES string of the molecule is CC1CCCC(C)N1Cc1ccnc(C(=N)N)c1. The molecule has 1 aromatic rings. The Labute approximate surface area is 109 Å². The van der Waals surface area contributed by atoms with Gasteiger partial charge in [0.1, 0.15) is 11.5 Å². The maximum atomic E-state index is 7.43. The molecule has 2 heterocycles. The molecule has 1 saturated heterocycles. The predicted molar refractivity (Wildman–Crippen MR) is 73.6 cm³/mol. The summed E-state index contributed by atoms with van der Waals surface area (Å²) in [6, 6.07) is 5.20. The number of amidine groups is 1. The second-order valence-corrected chi connectivity index (χ2v) is 5.26. The van der Waals surface area contributed by atoms with Gasteiger partial charge in [-0.05, 0) is 44.4 Å². The van der Waals surface area contributed by atoms with Crippen LogP contribution in [0, 0.1) is 5.41 Å². The maximum Gasteiger partial charge on any atom is 0.141 e. The number of nitrogens with zero attached hydrogens (tertiary/aromatic N) is 2. The lowest BCUT2D eigenvalue weighted by molar-refractivity contribution is 0.0952. The highest BCUT2D eigenvalue weighted by Crippen LogP contribution is 2.24. The molecule has 2 atom stereocenters. The van der Waals surface area contributed by atoms with Gasteiger partial charge in [0.05, 0.1) is 0 Å². The number of nitrogens with one attached hydrogen (secondary N) is 1. The molecule has 0 amide bonds. The van der Waals surface area contributed by atoms with E-state index in [0.29, 0.717) is 17.8 Å². The monoisotopic (exact) mass is 246 g/mol. The van der Waals surface area contributed by atoms with Crippen LogP contribution in [-0.4, -0.2) is 27.8 Å². The summed E-state index contributed by atoms with van der Waals surface area (Å²) in [7, 11) is 0. The number of hydrogen-bond donors (Lipinski definition) is 2. The number of nitrogen functional groups attached to an aromatic ring is 1. The summed E-state index contributed by atoms with van der Waals surface area (Å²) in [5.41, 5.74) is 7.24. The van der Waals surface area contributed by atoms with E-state index in [1.54, 1.807) is 6.20 Å². The number of nitrogens with two attached hydrogens (primary N) is 1. The predicted octanol–water partition coefficient (Wildman–Crippen LogP) is 2.13. The van der Waals surface area contributed by atoms with E-state index < -0.39 is 0 Å². The Morgan fingerprint density at radius 2 is 2.11 bits per heavy atom. The van der Waals surface area contributed by atoms with Crippen molar-refractivity contribution >= 4 is 5.84 Å². The zero-order valence-corrected chi connectivity index (χ0v) is 11.2. The molecule has 1 aromatic heterocycles. The van der Waals surface area contributed by atoms with Crippen LogP contribution in [-0.2, 0) is 6.54 Å². The Bertz CT molecular complexity index is 420. The minimum Gasteiger partial charge on any atom is -0.382 e. The second-order valence-electron chi connectivity index (χ2n) is 5.26. The van der Waals surface area contributed by atoms with Crippen LogP contribution < -0.4 is 5.73 Å². The van der Waals surface area contributed by atoms with Crippen LogP contribution in [0.3, 0.4) is 0 Å². The number of hydrogen-bond acceptors (Lipinski definition) is 3. The first kappa shape index (κ1) is 13.0. The van der Waals surface area contributed by atoms with Gasteiger partial charge in [0.25, 0.3) is 0 Å². The van der Waals surface area contributed by atoms with Crippen molar-refractivity contribution in [3.05, 3.63) is 29.6 Å². The van der Waals surface area contributed by atoms with Crippen LogP contribution in [0.25, 0.3) is 0 Å². The third-order valence-electron chi connectivity index (χ3n) is 3.84. The third-order valence-corrected chi connectivity index (χ3v) is 3.84. The van der Waals surface area contributed by atoms with Crippen molar-refractivity contribution in [2.75, 3.05) is 0 Å². The number of rotatable bonds is 3. The van der Waals surface area contributed by atoms with E-state index >= 15 is 0 Å². The molecule has 98 valence electrons. The summed E-state index contributed by atoms with van der Waals surface area (Å²) in [6.45, 7) is 5.51. The molecule has 0 spiro atoms. The molecule has 0 saturated carbocycles. The summed E-state index contributed by atoms with van der Waals surface area (Å²) in [6.07, 6.45) is 5.61. The molecular weight excluding hydrogens is 224 g/mol. The molecule has 0 radical (unpaired) electrons. The minimum atomic E-state index is 0.0385. The summed E-state index contributed by atoms with van der Waals surface area (Å²) >= 11 is 0. The molecule has 4 heteroatoms. The zero-order chi connectivity index (χ0) is 13.1. The maximum absolute atomic E-state index is 7.43. The van der Waals surface area contributed by atoms with Crippen molar-refractivity contribution in [3.8, 4) is 0 Å². The van der Waals surface area contributed by atoms with Crippen molar-refractivity contribution in [2.45, 2.75) is 51.7 Å². The molecule has 0 aromatic carbocycles. The average molecular weight is 246 g/mol. The molecule has 18 heavy (non-hydrogen) atoms. The summed E-state index contributed by atoms with van der Waals surface area (Å²) in [5, 5.41) is 7.43. The Balaban J connectivity index is 2.12. The van der Waals surface area contributed by atoms with Crippen LogP contribution in [0.5, 0.6) is 0 Å². The highest BCUT2D eigenvalue weighted by atomic mass is 15.2. The summed E-state index contributed by atoms with van der Waals surface area (Å²) in [4.78, 5) is 6.63.